The average molecular weight is 527 g/mol. The highest BCUT2D eigenvalue weighted by Crippen LogP contribution is 2.35. The monoisotopic (exact) mass is 526 g/mol. The zero-order valence-electron chi connectivity index (χ0n) is 20.7. The molecule has 0 atom stereocenters. The molecule has 36 heavy (non-hydrogen) atoms. The first-order chi connectivity index (χ1) is 17.2. The number of ether oxygens (including phenoxy) is 2. The summed E-state index contributed by atoms with van der Waals surface area (Å²) < 4.78 is 40.0. The Balaban J connectivity index is 1.42. The molecule has 7 nitrogen and oxygen atoms in total. The first-order valence-corrected chi connectivity index (χ1v) is 14.3. The van der Waals surface area contributed by atoms with Gasteiger partial charge in [-0.15, -0.1) is 11.3 Å². The topological polar surface area (TPSA) is 76.2 Å². The lowest BCUT2D eigenvalue weighted by Gasteiger charge is -2.28. The third kappa shape index (κ3) is 5.14. The lowest BCUT2D eigenvalue weighted by atomic mass is 10.1. The minimum atomic E-state index is -3.84. The van der Waals surface area contributed by atoms with E-state index in [2.05, 4.69) is 0 Å². The molecule has 1 saturated carbocycles. The summed E-state index contributed by atoms with van der Waals surface area (Å²) in [6.07, 6.45) is 1.53. The summed E-state index contributed by atoms with van der Waals surface area (Å²) in [5.41, 5.74) is 3.34. The van der Waals surface area contributed by atoms with Crippen molar-refractivity contribution in [3.05, 3.63) is 75.0 Å². The number of sulfonamides is 1. The zero-order valence-corrected chi connectivity index (χ0v) is 22.3. The van der Waals surface area contributed by atoms with E-state index in [9.17, 15) is 13.2 Å². The quantitative estimate of drug-likeness (QED) is 0.401. The molecule has 0 unspecified atom stereocenters. The van der Waals surface area contributed by atoms with E-state index in [1.54, 1.807) is 16.2 Å². The standard InChI is InChI=1S/C27H30N2O5S2/c1-18-11-19(2)27(20(3)12-18)36(31,32)29(22-7-8-22)16-26(30)28(15-23-5-4-10-35-23)14-21-6-9-24-25(13-21)34-17-33-24/h4-6,9-13,22H,7-8,14-17H2,1-3H3. The van der Waals surface area contributed by atoms with Crippen LogP contribution in [-0.4, -0.2) is 42.9 Å². The lowest BCUT2D eigenvalue weighted by molar-refractivity contribution is -0.132. The Kier molecular flexibility index (Phi) is 6.80. The fraction of sp³-hybridized carbons (Fsp3) is 0.370. The number of aryl methyl sites for hydroxylation is 3. The highest BCUT2D eigenvalue weighted by molar-refractivity contribution is 7.89. The van der Waals surface area contributed by atoms with Crippen LogP contribution >= 0.6 is 11.3 Å². The smallest absolute Gasteiger partial charge is 0.244 e. The summed E-state index contributed by atoms with van der Waals surface area (Å²) in [6, 6.07) is 13.2. The number of amides is 1. The number of benzene rings is 2. The molecular formula is C27H30N2O5S2. The molecular weight excluding hydrogens is 496 g/mol. The van der Waals surface area contributed by atoms with Crippen molar-refractivity contribution in [1.29, 1.82) is 0 Å². The molecule has 1 aliphatic carbocycles. The van der Waals surface area contributed by atoms with E-state index in [0.29, 0.717) is 40.6 Å². The van der Waals surface area contributed by atoms with Crippen molar-refractivity contribution in [2.45, 2.75) is 57.6 Å². The predicted octanol–water partition coefficient (Wildman–Crippen LogP) is 4.78. The number of rotatable bonds is 9. The minimum absolute atomic E-state index is 0.145. The highest BCUT2D eigenvalue weighted by atomic mass is 32.2. The van der Waals surface area contributed by atoms with Crippen LogP contribution in [0.4, 0.5) is 0 Å². The first-order valence-electron chi connectivity index (χ1n) is 12.0. The van der Waals surface area contributed by atoms with E-state index in [4.69, 9.17) is 9.47 Å². The Morgan fingerprint density at radius 2 is 1.72 bits per heavy atom. The number of carbonyl (C=O) groups is 1. The van der Waals surface area contributed by atoms with E-state index < -0.39 is 10.0 Å². The van der Waals surface area contributed by atoms with Gasteiger partial charge in [0.25, 0.3) is 0 Å². The summed E-state index contributed by atoms with van der Waals surface area (Å²) in [7, 11) is -3.84. The number of carbonyl (C=O) groups excluding carboxylic acids is 1. The molecule has 0 N–H and O–H groups in total. The van der Waals surface area contributed by atoms with E-state index in [-0.39, 0.29) is 25.3 Å². The molecule has 1 aromatic heterocycles. The molecule has 9 heteroatoms. The van der Waals surface area contributed by atoms with Crippen LogP contribution in [0.25, 0.3) is 0 Å². The van der Waals surface area contributed by atoms with E-state index in [1.807, 2.05) is 68.6 Å². The van der Waals surface area contributed by atoms with Crippen molar-refractivity contribution in [3.63, 3.8) is 0 Å². The van der Waals surface area contributed by atoms with Gasteiger partial charge >= 0.3 is 0 Å². The lowest BCUT2D eigenvalue weighted by Crippen LogP contribution is -2.43. The largest absolute Gasteiger partial charge is 0.454 e. The van der Waals surface area contributed by atoms with Crippen molar-refractivity contribution in [2.24, 2.45) is 0 Å². The van der Waals surface area contributed by atoms with Crippen molar-refractivity contribution >= 4 is 27.3 Å². The molecule has 1 fully saturated rings. The molecule has 2 aromatic carbocycles. The second-order valence-corrected chi connectivity index (χ2v) is 12.4. The molecule has 0 spiro atoms. The second-order valence-electron chi connectivity index (χ2n) is 9.53. The Morgan fingerprint density at radius 1 is 1.00 bits per heavy atom. The maximum absolute atomic E-state index is 13.9. The third-order valence-electron chi connectivity index (χ3n) is 6.51. The Hall–Kier alpha value is -2.88. The van der Waals surface area contributed by atoms with Crippen LogP contribution in [0.1, 0.15) is 40.0 Å². The second kappa shape index (κ2) is 9.88. The van der Waals surface area contributed by atoms with Gasteiger partial charge in [0.2, 0.25) is 22.7 Å². The average Bonchev–Trinajstić information content (AvgIpc) is 3.30. The summed E-state index contributed by atoms with van der Waals surface area (Å²) in [4.78, 5) is 16.8. The van der Waals surface area contributed by atoms with E-state index in [1.165, 1.54) is 4.31 Å². The third-order valence-corrected chi connectivity index (χ3v) is 9.57. The molecule has 5 rings (SSSR count). The molecule has 1 aliphatic heterocycles. The number of hydrogen-bond donors (Lipinski definition) is 0. The van der Waals surface area contributed by atoms with Gasteiger partial charge in [0.15, 0.2) is 11.5 Å². The maximum atomic E-state index is 13.9. The van der Waals surface area contributed by atoms with Crippen molar-refractivity contribution in [2.75, 3.05) is 13.3 Å². The molecule has 0 bridgehead atoms. The number of fused-ring (bicyclic) bond motifs is 1. The van der Waals surface area contributed by atoms with Gasteiger partial charge in [-0.25, -0.2) is 8.42 Å². The maximum Gasteiger partial charge on any atom is 0.244 e. The van der Waals surface area contributed by atoms with Crippen LogP contribution in [0, 0.1) is 20.8 Å². The Labute approximate surface area is 216 Å². The molecule has 0 saturated heterocycles. The molecule has 2 heterocycles. The predicted molar refractivity (Wildman–Crippen MR) is 139 cm³/mol. The molecule has 190 valence electrons. The van der Waals surface area contributed by atoms with Crippen molar-refractivity contribution in [3.8, 4) is 11.5 Å². The van der Waals surface area contributed by atoms with Gasteiger partial charge in [0, 0.05) is 17.5 Å². The van der Waals surface area contributed by atoms with Crippen LogP contribution in [0.3, 0.4) is 0 Å². The summed E-state index contributed by atoms with van der Waals surface area (Å²) in [5, 5.41) is 1.97. The fourth-order valence-corrected chi connectivity index (χ4v) is 7.55. The number of hydrogen-bond acceptors (Lipinski definition) is 6. The van der Waals surface area contributed by atoms with Crippen LogP contribution < -0.4 is 9.47 Å². The van der Waals surface area contributed by atoms with Crippen LogP contribution in [0.2, 0.25) is 0 Å². The summed E-state index contributed by atoms with van der Waals surface area (Å²) in [5.74, 6) is 1.12. The number of thiophene rings is 1. The zero-order chi connectivity index (χ0) is 25.4. The minimum Gasteiger partial charge on any atom is -0.454 e. The van der Waals surface area contributed by atoms with Crippen LogP contribution in [0.15, 0.2) is 52.7 Å². The van der Waals surface area contributed by atoms with Gasteiger partial charge in [-0.3, -0.25) is 4.79 Å². The fourth-order valence-electron chi connectivity index (χ4n) is 4.78. The van der Waals surface area contributed by atoms with Crippen LogP contribution in [0.5, 0.6) is 11.5 Å². The Bertz CT molecular complexity index is 1360. The van der Waals surface area contributed by atoms with Gasteiger partial charge in [-0.1, -0.05) is 29.8 Å². The summed E-state index contributed by atoms with van der Waals surface area (Å²) in [6.45, 7) is 6.35. The van der Waals surface area contributed by atoms with Gasteiger partial charge in [-0.05, 0) is 73.9 Å². The molecule has 1 amide bonds. The van der Waals surface area contributed by atoms with E-state index in [0.717, 1.165) is 28.8 Å². The first kappa shape index (κ1) is 24.8. The van der Waals surface area contributed by atoms with Crippen molar-refractivity contribution in [1.82, 2.24) is 9.21 Å². The molecule has 2 aliphatic rings. The van der Waals surface area contributed by atoms with E-state index >= 15 is 0 Å². The number of nitrogens with zero attached hydrogens (tertiary/aromatic N) is 2. The van der Waals surface area contributed by atoms with Gasteiger partial charge < -0.3 is 14.4 Å². The molecule has 0 radical (unpaired) electrons. The van der Waals surface area contributed by atoms with Crippen molar-refractivity contribution < 1.29 is 22.7 Å². The van der Waals surface area contributed by atoms with Crippen LogP contribution in [-0.2, 0) is 27.9 Å². The Morgan fingerprint density at radius 3 is 2.39 bits per heavy atom. The highest BCUT2D eigenvalue weighted by Gasteiger charge is 2.41. The molecule has 3 aromatic rings. The normalized spacial score (nSPS) is 14.9. The SMILES string of the molecule is Cc1cc(C)c(S(=O)(=O)N(CC(=O)N(Cc2ccc3c(c2)OCO3)Cc2cccs2)C2CC2)c(C)c1. The van der Waals surface area contributed by atoms with Gasteiger partial charge in [0.1, 0.15) is 0 Å². The van der Waals surface area contributed by atoms with Gasteiger partial charge in [-0.2, -0.15) is 4.31 Å². The summed E-state index contributed by atoms with van der Waals surface area (Å²) >= 11 is 1.57. The van der Waals surface area contributed by atoms with Gasteiger partial charge in [0.05, 0.1) is 18.0 Å².